The Hall–Kier alpha value is -0.610. The first-order valence-corrected chi connectivity index (χ1v) is 8.67. The van der Waals surface area contributed by atoms with Crippen LogP contribution in [0.25, 0.3) is 0 Å². The molecule has 4 heteroatoms. The normalized spacial score (nSPS) is 37.9. The zero-order chi connectivity index (χ0) is 15.2. The van der Waals surface area contributed by atoms with Gasteiger partial charge in [-0.05, 0) is 64.7 Å². The maximum atomic E-state index is 12.6. The Morgan fingerprint density at radius 1 is 1.10 bits per heavy atom. The summed E-state index contributed by atoms with van der Waals surface area (Å²) in [6.45, 7) is 8.95. The molecule has 0 spiro atoms. The molecule has 3 N–H and O–H groups in total. The van der Waals surface area contributed by atoms with Crippen LogP contribution in [0.2, 0.25) is 0 Å². The van der Waals surface area contributed by atoms with E-state index in [1.807, 2.05) is 0 Å². The molecule has 0 aromatic rings. The van der Waals surface area contributed by atoms with Crippen LogP contribution in [-0.4, -0.2) is 41.5 Å². The summed E-state index contributed by atoms with van der Waals surface area (Å²) in [5, 5.41) is 3.30. The summed E-state index contributed by atoms with van der Waals surface area (Å²) in [7, 11) is 0. The summed E-state index contributed by atoms with van der Waals surface area (Å²) in [6.07, 6.45) is 5.76. The molecule has 4 unspecified atom stereocenters. The predicted octanol–water partition coefficient (Wildman–Crippen LogP) is 1.74. The number of rotatable bonds is 2. The summed E-state index contributed by atoms with van der Waals surface area (Å²) in [6, 6.07) is 0.459. The van der Waals surface area contributed by atoms with E-state index in [9.17, 15) is 4.79 Å². The largest absolute Gasteiger partial charge is 0.353 e. The minimum atomic E-state index is 0.0874. The third-order valence-electron chi connectivity index (χ3n) is 6.07. The molecule has 21 heavy (non-hydrogen) atoms. The van der Waals surface area contributed by atoms with Gasteiger partial charge in [-0.2, -0.15) is 0 Å². The monoisotopic (exact) mass is 293 g/mol. The molecule has 1 heterocycles. The lowest BCUT2D eigenvalue weighted by atomic mass is 9.84. The fraction of sp³-hybridized carbons (Fsp3) is 0.941. The molecule has 2 saturated carbocycles. The van der Waals surface area contributed by atoms with Crippen molar-refractivity contribution in [2.24, 2.45) is 23.5 Å². The Labute approximate surface area is 128 Å². The van der Waals surface area contributed by atoms with Crippen LogP contribution in [0, 0.1) is 17.8 Å². The van der Waals surface area contributed by atoms with Crippen molar-refractivity contribution >= 4 is 5.91 Å². The van der Waals surface area contributed by atoms with E-state index in [1.165, 1.54) is 19.3 Å². The number of hydrogen-bond donors (Lipinski definition) is 2. The Kier molecular flexibility index (Phi) is 4.04. The van der Waals surface area contributed by atoms with E-state index in [0.717, 1.165) is 25.9 Å². The van der Waals surface area contributed by atoms with E-state index in [1.54, 1.807) is 0 Å². The molecular weight excluding hydrogens is 262 g/mol. The highest BCUT2D eigenvalue weighted by molar-refractivity contribution is 5.80. The fourth-order valence-corrected chi connectivity index (χ4v) is 4.72. The van der Waals surface area contributed by atoms with Crippen molar-refractivity contribution in [3.8, 4) is 0 Å². The van der Waals surface area contributed by atoms with Crippen molar-refractivity contribution < 1.29 is 4.79 Å². The first-order valence-electron chi connectivity index (χ1n) is 8.67. The van der Waals surface area contributed by atoms with Gasteiger partial charge in [0.2, 0.25) is 5.91 Å². The van der Waals surface area contributed by atoms with E-state index >= 15 is 0 Å². The van der Waals surface area contributed by atoms with Crippen molar-refractivity contribution in [3.05, 3.63) is 0 Å². The first kappa shape index (κ1) is 15.3. The number of amides is 1. The quantitative estimate of drug-likeness (QED) is 0.815. The van der Waals surface area contributed by atoms with E-state index in [0.29, 0.717) is 17.9 Å². The third-order valence-corrected chi connectivity index (χ3v) is 6.07. The highest BCUT2D eigenvalue weighted by Crippen LogP contribution is 2.47. The number of nitrogens with two attached hydrogens (primary N) is 1. The van der Waals surface area contributed by atoms with Crippen LogP contribution in [0.1, 0.15) is 52.9 Å². The summed E-state index contributed by atoms with van der Waals surface area (Å²) in [5.41, 5.74) is 6.52. The van der Waals surface area contributed by atoms with Gasteiger partial charge in [0.05, 0.1) is 5.92 Å². The van der Waals surface area contributed by atoms with Crippen molar-refractivity contribution in [1.29, 1.82) is 0 Å². The summed E-state index contributed by atoms with van der Waals surface area (Å²) >= 11 is 0. The lowest BCUT2D eigenvalue weighted by Gasteiger charge is -2.41. The number of likely N-dealkylation sites (tertiary alicyclic amines) is 1. The number of hydrogen-bond acceptors (Lipinski definition) is 3. The predicted molar refractivity (Wildman–Crippen MR) is 84.8 cm³/mol. The average molecular weight is 293 g/mol. The van der Waals surface area contributed by atoms with Crippen LogP contribution in [-0.2, 0) is 4.79 Å². The van der Waals surface area contributed by atoms with Crippen molar-refractivity contribution in [2.75, 3.05) is 13.1 Å². The summed E-state index contributed by atoms with van der Waals surface area (Å²) < 4.78 is 0. The Morgan fingerprint density at radius 3 is 2.24 bits per heavy atom. The van der Waals surface area contributed by atoms with Gasteiger partial charge in [-0.25, -0.2) is 0 Å². The van der Waals surface area contributed by atoms with E-state index in [2.05, 4.69) is 31.0 Å². The molecule has 2 aliphatic carbocycles. The van der Waals surface area contributed by atoms with E-state index < -0.39 is 0 Å². The third kappa shape index (κ3) is 2.98. The molecule has 0 aromatic carbocycles. The number of nitrogens with one attached hydrogen (secondary N) is 1. The molecule has 3 fully saturated rings. The molecule has 1 aliphatic heterocycles. The van der Waals surface area contributed by atoms with Crippen molar-refractivity contribution in [1.82, 2.24) is 10.2 Å². The van der Waals surface area contributed by atoms with Crippen molar-refractivity contribution in [3.63, 3.8) is 0 Å². The Morgan fingerprint density at radius 2 is 1.71 bits per heavy atom. The second kappa shape index (κ2) is 5.54. The minimum Gasteiger partial charge on any atom is -0.353 e. The molecule has 2 bridgehead atoms. The lowest BCUT2D eigenvalue weighted by Crippen LogP contribution is -2.53. The van der Waals surface area contributed by atoms with Crippen LogP contribution in [0.4, 0.5) is 0 Å². The zero-order valence-electron chi connectivity index (χ0n) is 13.8. The van der Waals surface area contributed by atoms with Gasteiger partial charge in [-0.15, -0.1) is 0 Å². The lowest BCUT2D eigenvalue weighted by molar-refractivity contribution is -0.128. The van der Waals surface area contributed by atoms with Crippen LogP contribution in [0.15, 0.2) is 0 Å². The van der Waals surface area contributed by atoms with Gasteiger partial charge in [0.15, 0.2) is 0 Å². The van der Waals surface area contributed by atoms with Gasteiger partial charge in [0.25, 0.3) is 0 Å². The maximum Gasteiger partial charge on any atom is 0.225 e. The second-order valence-corrected chi connectivity index (χ2v) is 8.38. The molecule has 1 amide bonds. The smallest absolute Gasteiger partial charge is 0.225 e. The highest BCUT2D eigenvalue weighted by Gasteiger charge is 2.49. The van der Waals surface area contributed by atoms with Crippen LogP contribution in [0.5, 0.6) is 0 Å². The molecule has 0 aromatic heterocycles. The molecule has 1 saturated heterocycles. The molecule has 3 rings (SSSR count). The van der Waals surface area contributed by atoms with Crippen LogP contribution < -0.4 is 11.1 Å². The molecule has 0 radical (unpaired) electrons. The summed E-state index contributed by atoms with van der Waals surface area (Å²) in [5.74, 6) is 1.49. The standard InChI is InChI=1S/C17H31N3O/c1-17(2,3)20-8-6-13(7-9-20)19-16(21)14-11-4-5-12(10-11)15(14)18/h11-15H,4-10,18H2,1-3H3,(H,19,21). The number of carbonyl (C=O) groups excluding carboxylic acids is 1. The number of fused-ring (bicyclic) bond motifs is 2. The van der Waals surface area contributed by atoms with Gasteiger partial charge in [0, 0.05) is 30.7 Å². The topological polar surface area (TPSA) is 58.4 Å². The molecule has 3 aliphatic rings. The van der Waals surface area contributed by atoms with Gasteiger partial charge < -0.3 is 11.1 Å². The summed E-state index contributed by atoms with van der Waals surface area (Å²) in [4.78, 5) is 15.1. The maximum absolute atomic E-state index is 12.6. The fourth-order valence-electron chi connectivity index (χ4n) is 4.72. The number of piperidine rings is 1. The number of nitrogens with zero attached hydrogens (tertiary/aromatic N) is 1. The van der Waals surface area contributed by atoms with Gasteiger partial charge in [0.1, 0.15) is 0 Å². The molecule has 4 atom stereocenters. The SMILES string of the molecule is CC(C)(C)N1CCC(NC(=O)C2C3CCC(C3)C2N)CC1. The average Bonchev–Trinajstić information content (AvgIpc) is 2.98. The molecular formula is C17H31N3O. The highest BCUT2D eigenvalue weighted by atomic mass is 16.2. The number of carbonyl (C=O) groups is 1. The van der Waals surface area contributed by atoms with Crippen molar-refractivity contribution in [2.45, 2.75) is 70.5 Å². The second-order valence-electron chi connectivity index (χ2n) is 8.38. The Balaban J connectivity index is 1.51. The Bertz CT molecular complexity index is 393. The van der Waals surface area contributed by atoms with E-state index in [4.69, 9.17) is 5.73 Å². The zero-order valence-corrected chi connectivity index (χ0v) is 13.8. The first-order chi connectivity index (χ1) is 9.86. The van der Waals surface area contributed by atoms with Gasteiger partial charge >= 0.3 is 0 Å². The van der Waals surface area contributed by atoms with E-state index in [-0.39, 0.29) is 23.4 Å². The molecule has 4 nitrogen and oxygen atoms in total. The molecule has 120 valence electrons. The van der Waals surface area contributed by atoms with Gasteiger partial charge in [-0.1, -0.05) is 0 Å². The van der Waals surface area contributed by atoms with Crippen LogP contribution in [0.3, 0.4) is 0 Å². The van der Waals surface area contributed by atoms with Gasteiger partial charge in [-0.3, -0.25) is 9.69 Å². The van der Waals surface area contributed by atoms with Crippen LogP contribution >= 0.6 is 0 Å². The minimum absolute atomic E-state index is 0.0874.